The first-order chi connectivity index (χ1) is 8.58. The molecule has 1 unspecified atom stereocenters. The van der Waals surface area contributed by atoms with E-state index >= 15 is 0 Å². The number of thiocarbonyl (C=S) groups is 1. The molecule has 0 spiro atoms. The Morgan fingerprint density at radius 3 is 2.50 bits per heavy atom. The molecule has 2 rings (SSSR count). The fraction of sp³-hybridized carbons (Fsp3) is 0.462. The van der Waals surface area contributed by atoms with Crippen LogP contribution in [-0.2, 0) is 0 Å². The second kappa shape index (κ2) is 5.44. The molecular formula is C13H17N3OS. The van der Waals surface area contributed by atoms with Crippen molar-refractivity contribution in [2.24, 2.45) is 10.2 Å². The van der Waals surface area contributed by atoms with Gasteiger partial charge in [0.25, 0.3) is 0 Å². The Labute approximate surface area is 113 Å². The maximum atomic E-state index is 5.69. The van der Waals surface area contributed by atoms with Crippen molar-refractivity contribution < 1.29 is 4.74 Å². The molecule has 1 heterocycles. The van der Waals surface area contributed by atoms with Crippen LogP contribution in [0.25, 0.3) is 0 Å². The van der Waals surface area contributed by atoms with Crippen LogP contribution in [0.2, 0.25) is 0 Å². The molecule has 96 valence electrons. The van der Waals surface area contributed by atoms with Crippen LogP contribution >= 0.6 is 12.2 Å². The first kappa shape index (κ1) is 13.0. The number of nitrogens with zero attached hydrogens (tertiary/aromatic N) is 3. The zero-order valence-corrected chi connectivity index (χ0v) is 11.6. The summed E-state index contributed by atoms with van der Waals surface area (Å²) in [4.78, 5) is 1.83. The molecular weight excluding hydrogens is 246 g/mol. The number of benzene rings is 1. The highest BCUT2D eigenvalue weighted by Crippen LogP contribution is 2.19. The van der Waals surface area contributed by atoms with Gasteiger partial charge in [0.1, 0.15) is 12.4 Å². The molecule has 0 saturated heterocycles. The van der Waals surface area contributed by atoms with Gasteiger partial charge in [-0.15, -0.1) is 5.11 Å². The van der Waals surface area contributed by atoms with Gasteiger partial charge >= 0.3 is 0 Å². The first-order valence-electron chi connectivity index (χ1n) is 5.98. The lowest BCUT2D eigenvalue weighted by Gasteiger charge is -2.18. The van der Waals surface area contributed by atoms with Crippen LogP contribution in [0.5, 0.6) is 5.75 Å². The molecule has 1 aromatic rings. The monoisotopic (exact) mass is 263 g/mol. The van der Waals surface area contributed by atoms with Crippen molar-refractivity contribution in [1.29, 1.82) is 0 Å². The summed E-state index contributed by atoms with van der Waals surface area (Å²) in [5, 5.41) is 8.41. The number of hydrogen-bond donors (Lipinski definition) is 0. The maximum absolute atomic E-state index is 5.69. The second-order valence-corrected chi connectivity index (χ2v) is 4.99. The van der Waals surface area contributed by atoms with Crippen LogP contribution in [0.15, 0.2) is 34.5 Å². The van der Waals surface area contributed by atoms with Gasteiger partial charge in [0, 0.05) is 7.05 Å². The van der Waals surface area contributed by atoms with Gasteiger partial charge in [0.05, 0.1) is 0 Å². The number of hydrogen-bond acceptors (Lipinski definition) is 3. The maximum Gasteiger partial charge on any atom is 0.217 e. The largest absolute Gasteiger partial charge is 0.489 e. The van der Waals surface area contributed by atoms with E-state index in [9.17, 15) is 0 Å². The van der Waals surface area contributed by atoms with Gasteiger partial charge in [-0.2, -0.15) is 5.11 Å². The standard InChI is InChI=1S/C13H17N3OS/c1-9(2)10-4-6-11(7-5-10)17-8-12-14-15-13(18)16(12)3/h4-7,9,12H,8H2,1-3H3. The molecule has 0 saturated carbocycles. The summed E-state index contributed by atoms with van der Waals surface area (Å²) in [5.74, 6) is 1.38. The molecule has 0 bridgehead atoms. The van der Waals surface area contributed by atoms with Crippen LogP contribution in [-0.4, -0.2) is 29.8 Å². The minimum atomic E-state index is -0.109. The molecule has 0 fully saturated rings. The normalized spacial score (nSPS) is 18.8. The summed E-state index contributed by atoms with van der Waals surface area (Å²) in [5.41, 5.74) is 1.31. The van der Waals surface area contributed by atoms with E-state index in [1.807, 2.05) is 24.1 Å². The molecule has 1 aromatic carbocycles. The highest BCUT2D eigenvalue weighted by Gasteiger charge is 2.22. The first-order valence-corrected chi connectivity index (χ1v) is 6.39. The van der Waals surface area contributed by atoms with Gasteiger partial charge in [0.2, 0.25) is 5.11 Å². The minimum absolute atomic E-state index is 0.109. The average molecular weight is 263 g/mol. The van der Waals surface area contributed by atoms with Gasteiger partial charge in [-0.25, -0.2) is 0 Å². The summed E-state index contributed by atoms with van der Waals surface area (Å²) < 4.78 is 5.69. The Bertz CT molecular complexity index is 456. The number of likely N-dealkylation sites (N-methyl/N-ethyl adjacent to an activating group) is 1. The molecule has 0 radical (unpaired) electrons. The fourth-order valence-corrected chi connectivity index (χ4v) is 1.83. The van der Waals surface area contributed by atoms with E-state index in [1.54, 1.807) is 0 Å². The summed E-state index contributed by atoms with van der Waals surface area (Å²) in [6.07, 6.45) is -0.109. The van der Waals surface area contributed by atoms with Crippen LogP contribution in [0.3, 0.4) is 0 Å². The predicted molar refractivity (Wildman–Crippen MR) is 75.0 cm³/mol. The smallest absolute Gasteiger partial charge is 0.217 e. The van der Waals surface area contributed by atoms with E-state index in [4.69, 9.17) is 17.0 Å². The third kappa shape index (κ3) is 2.85. The molecule has 5 heteroatoms. The van der Waals surface area contributed by atoms with Crippen molar-refractivity contribution in [3.05, 3.63) is 29.8 Å². The van der Waals surface area contributed by atoms with E-state index in [0.717, 1.165) is 5.75 Å². The molecule has 1 aliphatic rings. The van der Waals surface area contributed by atoms with Crippen LogP contribution < -0.4 is 4.74 Å². The third-order valence-corrected chi connectivity index (χ3v) is 3.34. The lowest BCUT2D eigenvalue weighted by atomic mass is 10.0. The van der Waals surface area contributed by atoms with Crippen molar-refractivity contribution in [3.8, 4) is 5.75 Å². The summed E-state index contributed by atoms with van der Waals surface area (Å²) in [6.45, 7) is 4.80. The fourth-order valence-electron chi connectivity index (χ4n) is 1.66. The zero-order valence-electron chi connectivity index (χ0n) is 10.8. The summed E-state index contributed by atoms with van der Waals surface area (Å²) in [7, 11) is 1.87. The van der Waals surface area contributed by atoms with Gasteiger partial charge < -0.3 is 9.64 Å². The van der Waals surface area contributed by atoms with Crippen molar-refractivity contribution in [2.45, 2.75) is 25.9 Å². The Morgan fingerprint density at radius 2 is 2.00 bits per heavy atom. The quantitative estimate of drug-likeness (QED) is 0.783. The molecule has 0 aromatic heterocycles. The van der Waals surface area contributed by atoms with Crippen molar-refractivity contribution in [2.75, 3.05) is 13.7 Å². The number of azo groups is 1. The van der Waals surface area contributed by atoms with E-state index in [0.29, 0.717) is 17.6 Å². The van der Waals surface area contributed by atoms with Crippen LogP contribution in [0.1, 0.15) is 25.3 Å². The molecule has 1 aliphatic heterocycles. The number of rotatable bonds is 4. The molecule has 4 nitrogen and oxygen atoms in total. The highest BCUT2D eigenvalue weighted by atomic mass is 32.1. The van der Waals surface area contributed by atoms with Crippen molar-refractivity contribution in [1.82, 2.24) is 4.90 Å². The Balaban J connectivity index is 1.91. The Kier molecular flexibility index (Phi) is 3.91. The minimum Gasteiger partial charge on any atom is -0.489 e. The van der Waals surface area contributed by atoms with Crippen LogP contribution in [0.4, 0.5) is 0 Å². The SMILES string of the molecule is CC(C)c1ccc(OCC2N=NC(=S)N2C)cc1. The van der Waals surface area contributed by atoms with Crippen molar-refractivity contribution >= 4 is 17.3 Å². The summed E-state index contributed by atoms with van der Waals surface area (Å²) >= 11 is 5.01. The Hall–Kier alpha value is -1.49. The van der Waals surface area contributed by atoms with Gasteiger partial charge in [-0.1, -0.05) is 26.0 Å². The predicted octanol–water partition coefficient (Wildman–Crippen LogP) is 3.20. The molecule has 18 heavy (non-hydrogen) atoms. The lowest BCUT2D eigenvalue weighted by Crippen LogP contribution is -2.33. The van der Waals surface area contributed by atoms with Crippen LogP contribution in [0, 0.1) is 0 Å². The topological polar surface area (TPSA) is 37.2 Å². The van der Waals surface area contributed by atoms with Crippen molar-refractivity contribution in [3.63, 3.8) is 0 Å². The molecule has 0 N–H and O–H groups in total. The third-order valence-electron chi connectivity index (χ3n) is 2.97. The van der Waals surface area contributed by atoms with E-state index in [2.05, 4.69) is 36.2 Å². The van der Waals surface area contributed by atoms with E-state index in [1.165, 1.54) is 5.56 Å². The van der Waals surface area contributed by atoms with Gasteiger partial charge in [-0.3, -0.25) is 0 Å². The molecule has 0 amide bonds. The van der Waals surface area contributed by atoms with E-state index < -0.39 is 0 Å². The zero-order chi connectivity index (χ0) is 13.1. The Morgan fingerprint density at radius 1 is 1.33 bits per heavy atom. The second-order valence-electron chi connectivity index (χ2n) is 4.62. The molecule has 0 aliphatic carbocycles. The summed E-state index contributed by atoms with van der Waals surface area (Å²) in [6, 6.07) is 8.15. The lowest BCUT2D eigenvalue weighted by molar-refractivity contribution is 0.229. The highest BCUT2D eigenvalue weighted by molar-refractivity contribution is 7.80. The number of ether oxygens (including phenoxy) is 1. The van der Waals surface area contributed by atoms with Gasteiger partial charge in [0.15, 0.2) is 6.17 Å². The van der Waals surface area contributed by atoms with E-state index in [-0.39, 0.29) is 6.17 Å². The molecule has 1 atom stereocenters. The van der Waals surface area contributed by atoms with Gasteiger partial charge in [-0.05, 0) is 35.8 Å². The average Bonchev–Trinajstić information content (AvgIpc) is 2.68.